The lowest BCUT2D eigenvalue weighted by Gasteiger charge is -2.34. The van der Waals surface area contributed by atoms with E-state index in [1.807, 2.05) is 115 Å². The lowest BCUT2D eigenvalue weighted by atomic mass is 9.76. The van der Waals surface area contributed by atoms with Gasteiger partial charge in [0.15, 0.2) is 11.3 Å². The molecule has 0 radical (unpaired) electrons. The minimum Gasteiger partial charge on any atom is -0.291 e. The number of rotatable bonds is 5. The molecule has 0 aliphatic rings. The van der Waals surface area contributed by atoms with Crippen molar-refractivity contribution in [2.24, 2.45) is 0 Å². The van der Waals surface area contributed by atoms with Gasteiger partial charge in [-0.25, -0.2) is 4.68 Å². The highest BCUT2D eigenvalue weighted by Gasteiger charge is 2.46. The Labute approximate surface area is 174 Å². The summed E-state index contributed by atoms with van der Waals surface area (Å²) in [6, 6.07) is 36.7. The fourth-order valence-corrected chi connectivity index (χ4v) is 4.04. The third-order valence-corrected chi connectivity index (χ3v) is 5.42. The van der Waals surface area contributed by atoms with Gasteiger partial charge in [0, 0.05) is 5.56 Å². The molecular weight excluding hydrogens is 370 g/mol. The Hall–Kier alpha value is -4.05. The van der Waals surface area contributed by atoms with Gasteiger partial charge in [-0.1, -0.05) is 108 Å². The number of aromatic nitrogens is 3. The number of benzene rings is 4. The topological polar surface area (TPSA) is 47.8 Å². The van der Waals surface area contributed by atoms with Gasteiger partial charge in [0.2, 0.25) is 0 Å². The van der Waals surface area contributed by atoms with Crippen molar-refractivity contribution in [3.05, 3.63) is 132 Å². The van der Waals surface area contributed by atoms with E-state index in [0.717, 1.165) is 22.2 Å². The third-order valence-electron chi connectivity index (χ3n) is 5.42. The van der Waals surface area contributed by atoms with Gasteiger partial charge in [-0.15, -0.1) is 5.10 Å². The molecule has 144 valence electrons. The summed E-state index contributed by atoms with van der Waals surface area (Å²) in [4.78, 5) is 14.3. The Bertz CT molecular complexity index is 1260. The Morgan fingerprint density at radius 3 is 1.73 bits per heavy atom. The van der Waals surface area contributed by atoms with E-state index in [1.54, 1.807) is 4.68 Å². The minimum atomic E-state index is -1.19. The van der Waals surface area contributed by atoms with Crippen LogP contribution in [0.3, 0.4) is 0 Å². The third kappa shape index (κ3) is 2.73. The van der Waals surface area contributed by atoms with Gasteiger partial charge in [0.05, 0.1) is 5.52 Å². The molecular formula is C26H19N3O. The number of nitrogens with zero attached hydrogens (tertiary/aromatic N) is 3. The number of carbonyl (C=O) groups is 1. The molecule has 1 aromatic heterocycles. The van der Waals surface area contributed by atoms with Crippen LogP contribution in [0.4, 0.5) is 0 Å². The smallest absolute Gasteiger partial charge is 0.199 e. The van der Waals surface area contributed by atoms with Gasteiger partial charge >= 0.3 is 0 Å². The second kappa shape index (κ2) is 7.41. The Morgan fingerprint density at radius 1 is 0.633 bits per heavy atom. The molecule has 30 heavy (non-hydrogen) atoms. The molecule has 4 nitrogen and oxygen atoms in total. The Morgan fingerprint density at radius 2 is 1.13 bits per heavy atom. The summed E-state index contributed by atoms with van der Waals surface area (Å²) in [5.41, 5.74) is 2.63. The van der Waals surface area contributed by atoms with E-state index in [0.29, 0.717) is 5.56 Å². The maximum Gasteiger partial charge on any atom is 0.199 e. The number of fused-ring (bicyclic) bond motifs is 1. The molecule has 1 heterocycles. The molecule has 0 saturated carbocycles. The summed E-state index contributed by atoms with van der Waals surface area (Å²) < 4.78 is 1.77. The average molecular weight is 389 g/mol. The van der Waals surface area contributed by atoms with Gasteiger partial charge in [0.1, 0.15) is 5.52 Å². The molecule has 4 aromatic carbocycles. The molecule has 0 spiro atoms. The Kier molecular flexibility index (Phi) is 4.45. The monoisotopic (exact) mass is 389 g/mol. The fourth-order valence-electron chi connectivity index (χ4n) is 4.04. The first-order valence-electron chi connectivity index (χ1n) is 9.83. The molecule has 5 aromatic rings. The normalized spacial score (nSPS) is 11.5. The summed E-state index contributed by atoms with van der Waals surface area (Å²) in [6.07, 6.45) is 0. The van der Waals surface area contributed by atoms with Crippen molar-refractivity contribution in [1.82, 2.24) is 15.0 Å². The molecule has 0 aliphatic heterocycles. The molecule has 0 atom stereocenters. The number of ketones is 1. The molecule has 0 aliphatic carbocycles. The van der Waals surface area contributed by atoms with Crippen molar-refractivity contribution in [3.63, 3.8) is 0 Å². The highest BCUT2D eigenvalue weighted by atomic mass is 16.1. The number of carbonyl (C=O) groups excluding carboxylic acids is 1. The highest BCUT2D eigenvalue weighted by Crippen LogP contribution is 2.38. The predicted molar refractivity (Wildman–Crippen MR) is 117 cm³/mol. The van der Waals surface area contributed by atoms with Crippen LogP contribution in [-0.4, -0.2) is 20.8 Å². The van der Waals surface area contributed by atoms with E-state index in [4.69, 9.17) is 0 Å². The van der Waals surface area contributed by atoms with E-state index in [-0.39, 0.29) is 5.78 Å². The van der Waals surface area contributed by atoms with Crippen LogP contribution < -0.4 is 0 Å². The maximum atomic E-state index is 14.3. The van der Waals surface area contributed by atoms with E-state index < -0.39 is 5.54 Å². The van der Waals surface area contributed by atoms with Crippen LogP contribution in [0.2, 0.25) is 0 Å². The lowest BCUT2D eigenvalue weighted by Crippen LogP contribution is -2.45. The van der Waals surface area contributed by atoms with Crippen LogP contribution in [-0.2, 0) is 5.54 Å². The van der Waals surface area contributed by atoms with Gasteiger partial charge in [-0.3, -0.25) is 4.79 Å². The molecule has 0 fully saturated rings. The van der Waals surface area contributed by atoms with Crippen LogP contribution in [0.15, 0.2) is 115 Å². The number of hydrogen-bond acceptors (Lipinski definition) is 3. The molecule has 0 saturated heterocycles. The summed E-state index contributed by atoms with van der Waals surface area (Å²) >= 11 is 0. The largest absolute Gasteiger partial charge is 0.291 e. The molecule has 0 N–H and O–H groups in total. The highest BCUT2D eigenvalue weighted by molar-refractivity contribution is 6.07. The number of para-hydroxylation sites is 1. The van der Waals surface area contributed by atoms with Crippen molar-refractivity contribution in [2.75, 3.05) is 0 Å². The molecule has 0 bridgehead atoms. The second-order valence-electron chi connectivity index (χ2n) is 7.13. The standard InChI is InChI=1S/C26H19N3O/c30-25(20-12-4-1-5-13-20)26(21-14-6-2-7-15-21,22-16-8-3-9-17-22)29-24-19-11-10-18-23(24)27-28-29/h1-19H. The SMILES string of the molecule is O=C(c1ccccc1)C(c1ccccc1)(c1ccccc1)n1nnc2ccccc21. The van der Waals surface area contributed by atoms with Crippen LogP contribution >= 0.6 is 0 Å². The Balaban J connectivity index is 1.92. The van der Waals surface area contributed by atoms with E-state index in [9.17, 15) is 4.79 Å². The first kappa shape index (κ1) is 18.0. The van der Waals surface area contributed by atoms with Crippen molar-refractivity contribution in [2.45, 2.75) is 5.54 Å². The minimum absolute atomic E-state index is 0.0591. The first-order valence-corrected chi connectivity index (χ1v) is 9.83. The zero-order valence-electron chi connectivity index (χ0n) is 16.2. The molecule has 0 unspecified atom stereocenters. The lowest BCUT2D eigenvalue weighted by molar-refractivity contribution is 0.0880. The zero-order valence-corrected chi connectivity index (χ0v) is 16.2. The van der Waals surface area contributed by atoms with Gasteiger partial charge in [-0.2, -0.15) is 0 Å². The van der Waals surface area contributed by atoms with Crippen molar-refractivity contribution in [3.8, 4) is 0 Å². The average Bonchev–Trinajstić information content (AvgIpc) is 3.26. The van der Waals surface area contributed by atoms with E-state index in [1.165, 1.54) is 0 Å². The van der Waals surface area contributed by atoms with Gasteiger partial charge in [0.25, 0.3) is 0 Å². The van der Waals surface area contributed by atoms with Crippen LogP contribution in [0.5, 0.6) is 0 Å². The van der Waals surface area contributed by atoms with E-state index in [2.05, 4.69) is 10.3 Å². The quantitative estimate of drug-likeness (QED) is 0.393. The van der Waals surface area contributed by atoms with Gasteiger partial charge < -0.3 is 0 Å². The predicted octanol–water partition coefficient (Wildman–Crippen LogP) is 5.11. The molecule has 5 rings (SSSR count). The molecule has 0 amide bonds. The van der Waals surface area contributed by atoms with Crippen LogP contribution in [0.1, 0.15) is 21.5 Å². The van der Waals surface area contributed by atoms with Crippen molar-refractivity contribution >= 4 is 16.8 Å². The zero-order chi connectivity index (χ0) is 20.4. The van der Waals surface area contributed by atoms with E-state index >= 15 is 0 Å². The fraction of sp³-hybridized carbons (Fsp3) is 0.0385. The maximum absolute atomic E-state index is 14.3. The molecule has 4 heteroatoms. The summed E-state index contributed by atoms with van der Waals surface area (Å²) in [5, 5.41) is 8.89. The van der Waals surface area contributed by atoms with Crippen LogP contribution in [0, 0.1) is 0 Å². The number of Topliss-reactive ketones (excluding diaryl/α,β-unsaturated/α-hetero) is 1. The first-order chi connectivity index (χ1) is 14.8. The van der Waals surface area contributed by atoms with Crippen LogP contribution in [0.25, 0.3) is 11.0 Å². The van der Waals surface area contributed by atoms with Crippen molar-refractivity contribution < 1.29 is 4.79 Å². The summed E-state index contributed by atoms with van der Waals surface area (Å²) in [7, 11) is 0. The van der Waals surface area contributed by atoms with Gasteiger partial charge in [-0.05, 0) is 23.3 Å². The summed E-state index contributed by atoms with van der Waals surface area (Å²) in [6.45, 7) is 0. The van der Waals surface area contributed by atoms with Crippen molar-refractivity contribution in [1.29, 1.82) is 0 Å². The summed E-state index contributed by atoms with van der Waals surface area (Å²) in [5.74, 6) is -0.0591. The second-order valence-corrected chi connectivity index (χ2v) is 7.13. The number of hydrogen-bond donors (Lipinski definition) is 0.